The number of aryl methyl sites for hydroxylation is 2. The Morgan fingerprint density at radius 3 is 2.66 bits per heavy atom. The van der Waals surface area contributed by atoms with Gasteiger partial charge >= 0.3 is 6.03 Å². The van der Waals surface area contributed by atoms with Crippen molar-refractivity contribution >= 4 is 29.5 Å². The van der Waals surface area contributed by atoms with E-state index in [-0.39, 0.29) is 30.2 Å². The maximum Gasteiger partial charge on any atom is 0.325 e. The summed E-state index contributed by atoms with van der Waals surface area (Å²) < 4.78 is 0. The number of nitrogen functional groups attached to an aromatic ring is 1. The van der Waals surface area contributed by atoms with Crippen LogP contribution in [0.5, 0.6) is 0 Å². The van der Waals surface area contributed by atoms with E-state index in [4.69, 9.17) is 5.73 Å². The first-order chi connectivity index (χ1) is 15.4. The molecule has 1 saturated heterocycles. The Morgan fingerprint density at radius 2 is 1.84 bits per heavy atom. The second kappa shape index (κ2) is 7.60. The number of para-hydroxylation sites is 1. The van der Waals surface area contributed by atoms with Gasteiger partial charge in [-0.3, -0.25) is 9.69 Å². The average molecular weight is 429 g/mol. The number of carbonyl (C=O) groups is 2. The van der Waals surface area contributed by atoms with Crippen molar-refractivity contribution in [3.05, 3.63) is 71.0 Å². The van der Waals surface area contributed by atoms with Crippen LogP contribution in [-0.4, -0.2) is 31.8 Å². The molecule has 1 aliphatic heterocycles. The molecule has 0 spiro atoms. The number of nitrogens with one attached hydrogen (secondary N) is 2. The van der Waals surface area contributed by atoms with Crippen molar-refractivity contribution in [3.63, 3.8) is 0 Å². The van der Waals surface area contributed by atoms with Crippen LogP contribution >= 0.6 is 0 Å². The number of urea groups is 1. The molecule has 1 unspecified atom stereocenters. The highest BCUT2D eigenvalue weighted by molar-refractivity contribution is 6.07. The number of carbonyl (C=O) groups excluding carboxylic acids is 2. The molecule has 5 rings (SSSR count). The fraction of sp³-hybridized carbons (Fsp3) is 0.261. The molecule has 1 aromatic heterocycles. The van der Waals surface area contributed by atoms with Gasteiger partial charge in [0.05, 0.1) is 6.54 Å². The summed E-state index contributed by atoms with van der Waals surface area (Å²) >= 11 is 0. The number of aromatic nitrogens is 3. The molecule has 2 aliphatic rings. The number of nitrogens with zero attached hydrogens (tertiary/aromatic N) is 4. The van der Waals surface area contributed by atoms with Gasteiger partial charge in [-0.05, 0) is 55.0 Å². The minimum atomic E-state index is -1.14. The van der Waals surface area contributed by atoms with E-state index in [9.17, 15) is 9.59 Å². The third kappa shape index (κ3) is 3.51. The third-order valence-corrected chi connectivity index (χ3v) is 5.98. The van der Waals surface area contributed by atoms with Gasteiger partial charge in [-0.15, -0.1) is 0 Å². The van der Waals surface area contributed by atoms with E-state index < -0.39 is 11.6 Å². The molecule has 4 N–H and O–H groups in total. The lowest BCUT2D eigenvalue weighted by Crippen LogP contribution is -2.41. The van der Waals surface area contributed by atoms with E-state index in [1.165, 1.54) is 11.1 Å². The van der Waals surface area contributed by atoms with E-state index in [1.54, 1.807) is 6.92 Å². The minimum Gasteiger partial charge on any atom is -0.368 e. The van der Waals surface area contributed by atoms with Crippen LogP contribution in [-0.2, 0) is 29.7 Å². The SMILES string of the molecule is CC1(c2ccc3c(c2)CCC3)NC(=O)N(Cc2nc(N)nc(Nc3ccccc3)n2)C1=O. The van der Waals surface area contributed by atoms with Crippen molar-refractivity contribution in [2.75, 3.05) is 11.1 Å². The number of rotatable bonds is 5. The molecular weight excluding hydrogens is 406 g/mol. The summed E-state index contributed by atoms with van der Waals surface area (Å²) in [5, 5.41) is 5.90. The summed E-state index contributed by atoms with van der Waals surface area (Å²) in [5.41, 5.74) is 8.82. The van der Waals surface area contributed by atoms with Gasteiger partial charge in [0, 0.05) is 5.69 Å². The van der Waals surface area contributed by atoms with Gasteiger partial charge in [-0.1, -0.05) is 36.4 Å². The summed E-state index contributed by atoms with van der Waals surface area (Å²) in [5.74, 6) is 0.114. The molecule has 1 atom stereocenters. The molecule has 162 valence electrons. The molecule has 0 saturated carbocycles. The highest BCUT2D eigenvalue weighted by Crippen LogP contribution is 2.33. The number of anilines is 3. The summed E-state index contributed by atoms with van der Waals surface area (Å²) in [6, 6.07) is 14.9. The standard InChI is InChI=1S/C23H23N7O2/c1-23(16-11-10-14-6-5-7-15(14)12-16)19(31)30(22(32)29-23)13-18-26-20(24)28-21(27-18)25-17-8-3-2-4-9-17/h2-4,8-12H,5-7,13H2,1H3,(H,29,32)(H3,24,25,26,27,28). The molecule has 0 radical (unpaired) electrons. The van der Waals surface area contributed by atoms with E-state index >= 15 is 0 Å². The van der Waals surface area contributed by atoms with Gasteiger partial charge in [0.1, 0.15) is 5.54 Å². The molecule has 1 fully saturated rings. The van der Waals surface area contributed by atoms with Crippen molar-refractivity contribution < 1.29 is 9.59 Å². The Bertz CT molecular complexity index is 1210. The van der Waals surface area contributed by atoms with Crippen LogP contribution < -0.4 is 16.4 Å². The quantitative estimate of drug-likeness (QED) is 0.532. The zero-order valence-corrected chi connectivity index (χ0v) is 17.6. The second-order valence-corrected chi connectivity index (χ2v) is 8.21. The summed E-state index contributed by atoms with van der Waals surface area (Å²) in [7, 11) is 0. The van der Waals surface area contributed by atoms with Crippen LogP contribution in [0.4, 0.5) is 22.4 Å². The normalized spacial score (nSPS) is 19.7. The molecule has 3 aromatic rings. The number of hydrogen-bond donors (Lipinski definition) is 3. The van der Waals surface area contributed by atoms with Crippen LogP contribution in [0.15, 0.2) is 48.5 Å². The fourth-order valence-corrected chi connectivity index (χ4v) is 4.28. The average Bonchev–Trinajstić information content (AvgIpc) is 3.32. The van der Waals surface area contributed by atoms with Crippen molar-refractivity contribution in [1.29, 1.82) is 0 Å². The Kier molecular flexibility index (Phi) is 4.73. The van der Waals surface area contributed by atoms with Crippen LogP contribution in [0.3, 0.4) is 0 Å². The van der Waals surface area contributed by atoms with Gasteiger partial charge in [0.15, 0.2) is 5.82 Å². The second-order valence-electron chi connectivity index (χ2n) is 8.21. The lowest BCUT2D eigenvalue weighted by Gasteiger charge is -2.23. The van der Waals surface area contributed by atoms with Gasteiger partial charge in [-0.2, -0.15) is 15.0 Å². The predicted octanol–water partition coefficient (Wildman–Crippen LogP) is 2.65. The highest BCUT2D eigenvalue weighted by atomic mass is 16.2. The smallest absolute Gasteiger partial charge is 0.325 e. The van der Waals surface area contributed by atoms with Crippen molar-refractivity contribution in [1.82, 2.24) is 25.2 Å². The van der Waals surface area contributed by atoms with Crippen LogP contribution in [0.1, 0.15) is 35.9 Å². The molecule has 3 amide bonds. The third-order valence-electron chi connectivity index (χ3n) is 5.98. The number of nitrogens with two attached hydrogens (primary N) is 1. The number of benzene rings is 2. The lowest BCUT2D eigenvalue weighted by atomic mass is 9.89. The van der Waals surface area contributed by atoms with Crippen molar-refractivity contribution in [2.45, 2.75) is 38.3 Å². The molecule has 2 aromatic carbocycles. The maximum absolute atomic E-state index is 13.3. The molecule has 2 heterocycles. The van der Waals surface area contributed by atoms with E-state index in [0.717, 1.165) is 35.4 Å². The zero-order valence-electron chi connectivity index (χ0n) is 17.6. The topological polar surface area (TPSA) is 126 Å². The molecule has 9 nitrogen and oxygen atoms in total. The summed E-state index contributed by atoms with van der Waals surface area (Å²) in [6.07, 6.45) is 3.16. The van der Waals surface area contributed by atoms with Gasteiger partial charge < -0.3 is 16.4 Å². The summed E-state index contributed by atoms with van der Waals surface area (Å²) in [4.78, 5) is 39.7. The number of imide groups is 1. The first kappa shape index (κ1) is 19.9. The Balaban J connectivity index is 1.39. The van der Waals surface area contributed by atoms with Crippen LogP contribution in [0.2, 0.25) is 0 Å². The van der Waals surface area contributed by atoms with Gasteiger partial charge in [0.2, 0.25) is 11.9 Å². The van der Waals surface area contributed by atoms with Crippen LogP contribution in [0, 0.1) is 0 Å². The Morgan fingerprint density at radius 1 is 1.06 bits per heavy atom. The maximum atomic E-state index is 13.3. The Labute approximate surface area is 185 Å². The molecule has 9 heteroatoms. The van der Waals surface area contributed by atoms with E-state index in [0.29, 0.717) is 0 Å². The lowest BCUT2D eigenvalue weighted by molar-refractivity contribution is -0.131. The van der Waals surface area contributed by atoms with Gasteiger partial charge in [-0.25, -0.2) is 4.79 Å². The van der Waals surface area contributed by atoms with Crippen molar-refractivity contribution in [3.8, 4) is 0 Å². The number of amides is 3. The largest absolute Gasteiger partial charge is 0.368 e. The zero-order chi connectivity index (χ0) is 22.3. The Hall–Kier alpha value is -4.01. The molecule has 1 aliphatic carbocycles. The monoisotopic (exact) mass is 429 g/mol. The van der Waals surface area contributed by atoms with E-state index in [2.05, 4.69) is 31.7 Å². The predicted molar refractivity (Wildman–Crippen MR) is 119 cm³/mol. The number of hydrogen-bond acceptors (Lipinski definition) is 7. The molecular formula is C23H23N7O2. The first-order valence-corrected chi connectivity index (χ1v) is 10.5. The van der Waals surface area contributed by atoms with Crippen molar-refractivity contribution in [2.24, 2.45) is 0 Å². The number of fused-ring (bicyclic) bond motifs is 1. The first-order valence-electron chi connectivity index (χ1n) is 10.5. The summed E-state index contributed by atoms with van der Waals surface area (Å²) in [6.45, 7) is 1.62. The van der Waals surface area contributed by atoms with Crippen LogP contribution in [0.25, 0.3) is 0 Å². The molecule has 0 bridgehead atoms. The fourth-order valence-electron chi connectivity index (χ4n) is 4.28. The van der Waals surface area contributed by atoms with Gasteiger partial charge in [0.25, 0.3) is 5.91 Å². The highest BCUT2D eigenvalue weighted by Gasteiger charge is 2.49. The van der Waals surface area contributed by atoms with E-state index in [1.807, 2.05) is 42.5 Å². The minimum absolute atomic E-state index is 0.00173. The molecule has 32 heavy (non-hydrogen) atoms.